The van der Waals surface area contributed by atoms with Gasteiger partial charge in [0.1, 0.15) is 11.6 Å². The Labute approximate surface area is 190 Å². The molecule has 4 aromatic heterocycles. The molecule has 2 N–H and O–H groups in total. The number of hydrogen-bond acceptors (Lipinski definition) is 7. The number of anilines is 2. The molecule has 32 heavy (non-hydrogen) atoms. The maximum Gasteiger partial charge on any atom is 0.256 e. The molecule has 0 fully saturated rings. The van der Waals surface area contributed by atoms with Gasteiger partial charge in [-0.05, 0) is 55.0 Å². The van der Waals surface area contributed by atoms with E-state index in [1.807, 2.05) is 12.1 Å². The minimum Gasteiger partial charge on any atom is -0.461 e. The van der Waals surface area contributed by atoms with Gasteiger partial charge >= 0.3 is 0 Å². The summed E-state index contributed by atoms with van der Waals surface area (Å²) in [6.07, 6.45) is 2.53. The van der Waals surface area contributed by atoms with Crippen LogP contribution in [0.5, 0.6) is 0 Å². The van der Waals surface area contributed by atoms with Crippen molar-refractivity contribution in [2.45, 2.75) is 26.8 Å². The van der Waals surface area contributed by atoms with Gasteiger partial charge in [-0.1, -0.05) is 29.8 Å². The van der Waals surface area contributed by atoms with Crippen LogP contribution in [0.1, 0.15) is 21.6 Å². The van der Waals surface area contributed by atoms with E-state index in [1.54, 1.807) is 28.2 Å². The summed E-state index contributed by atoms with van der Waals surface area (Å²) < 4.78 is 6.98. The summed E-state index contributed by atoms with van der Waals surface area (Å²) in [4.78, 5) is 13.0. The molecule has 162 valence electrons. The molecular formula is C24H24N6OS. The molecule has 0 saturated heterocycles. The van der Waals surface area contributed by atoms with Crippen molar-refractivity contribution in [2.24, 2.45) is 0 Å². The highest BCUT2D eigenvalue weighted by molar-refractivity contribution is 7.09. The molecule has 0 saturated carbocycles. The Morgan fingerprint density at radius 1 is 1.09 bits per heavy atom. The van der Waals surface area contributed by atoms with Crippen molar-refractivity contribution in [3.63, 3.8) is 0 Å². The van der Waals surface area contributed by atoms with Gasteiger partial charge in [-0.15, -0.1) is 16.4 Å². The molecule has 7 nitrogen and oxygen atoms in total. The summed E-state index contributed by atoms with van der Waals surface area (Å²) >= 11 is 1.77. The van der Waals surface area contributed by atoms with Crippen LogP contribution in [0, 0.1) is 13.8 Å². The van der Waals surface area contributed by atoms with Gasteiger partial charge in [-0.3, -0.25) is 0 Å². The fourth-order valence-electron chi connectivity index (χ4n) is 3.75. The minimum absolute atomic E-state index is 0.452. The number of nitrogens with zero attached hydrogens (tertiary/aromatic N) is 5. The largest absolute Gasteiger partial charge is 0.461 e. The molecule has 0 spiro atoms. The Balaban J connectivity index is 1.51. The average molecular weight is 445 g/mol. The second kappa shape index (κ2) is 8.47. The minimum atomic E-state index is 0.452. The molecule has 5 aromatic rings. The number of fused-ring (bicyclic) bond motifs is 1. The molecule has 0 aliphatic rings. The van der Waals surface area contributed by atoms with Gasteiger partial charge in [0.25, 0.3) is 5.78 Å². The van der Waals surface area contributed by atoms with Crippen LogP contribution in [0.25, 0.3) is 17.4 Å². The molecule has 8 heteroatoms. The monoisotopic (exact) mass is 444 g/mol. The number of aromatic nitrogens is 4. The van der Waals surface area contributed by atoms with Crippen LogP contribution in [0.4, 0.5) is 11.6 Å². The average Bonchev–Trinajstić information content (AvgIpc) is 3.53. The summed E-state index contributed by atoms with van der Waals surface area (Å²) in [5, 5.41) is 6.57. The standard InChI is InChI=1S/C24H24N6OS/c1-16-7-8-18(17(2)13-16)15-29(10-9-19-5-4-12-32-19)22-14-21(25)30-24(26-22)27-23(28-30)20-6-3-11-31-20/h3-8,11-14H,9-10,15,25H2,1-2H3. The number of rotatable bonds is 7. The van der Waals surface area contributed by atoms with E-state index in [4.69, 9.17) is 15.1 Å². The number of thiophene rings is 1. The predicted molar refractivity (Wildman–Crippen MR) is 128 cm³/mol. The van der Waals surface area contributed by atoms with Crippen LogP contribution in [-0.4, -0.2) is 26.1 Å². The Kier molecular flexibility index (Phi) is 5.36. The summed E-state index contributed by atoms with van der Waals surface area (Å²) in [6.45, 7) is 5.82. The molecule has 0 radical (unpaired) electrons. The second-order valence-electron chi connectivity index (χ2n) is 7.84. The third-order valence-electron chi connectivity index (χ3n) is 5.46. The van der Waals surface area contributed by atoms with Crippen molar-refractivity contribution in [1.82, 2.24) is 19.6 Å². The lowest BCUT2D eigenvalue weighted by Gasteiger charge is -2.25. The van der Waals surface area contributed by atoms with Gasteiger partial charge in [0.05, 0.1) is 6.26 Å². The van der Waals surface area contributed by atoms with E-state index >= 15 is 0 Å². The van der Waals surface area contributed by atoms with Crippen molar-refractivity contribution in [3.8, 4) is 11.6 Å². The SMILES string of the molecule is Cc1ccc(CN(CCc2cccs2)c2cc(N)n3nc(-c4ccco4)nc3n2)c(C)c1. The van der Waals surface area contributed by atoms with E-state index in [0.717, 1.165) is 25.3 Å². The fourth-order valence-corrected chi connectivity index (χ4v) is 4.45. The lowest BCUT2D eigenvalue weighted by Crippen LogP contribution is -2.27. The van der Waals surface area contributed by atoms with E-state index in [0.29, 0.717) is 23.2 Å². The lowest BCUT2D eigenvalue weighted by atomic mass is 10.1. The zero-order valence-electron chi connectivity index (χ0n) is 18.0. The Morgan fingerprint density at radius 2 is 2.00 bits per heavy atom. The van der Waals surface area contributed by atoms with E-state index in [-0.39, 0.29) is 0 Å². The van der Waals surface area contributed by atoms with Gasteiger partial charge in [0.15, 0.2) is 5.76 Å². The summed E-state index contributed by atoms with van der Waals surface area (Å²) in [5.74, 6) is 2.77. The highest BCUT2D eigenvalue weighted by Gasteiger charge is 2.17. The molecular weight excluding hydrogens is 420 g/mol. The van der Waals surface area contributed by atoms with Crippen molar-refractivity contribution in [1.29, 1.82) is 0 Å². The van der Waals surface area contributed by atoms with Crippen LogP contribution in [0.3, 0.4) is 0 Å². The number of hydrogen-bond donors (Lipinski definition) is 1. The Morgan fingerprint density at radius 3 is 2.75 bits per heavy atom. The maximum atomic E-state index is 6.36. The van der Waals surface area contributed by atoms with Crippen LogP contribution >= 0.6 is 11.3 Å². The predicted octanol–water partition coefficient (Wildman–Crippen LogP) is 4.89. The number of benzene rings is 1. The first-order valence-corrected chi connectivity index (χ1v) is 11.4. The van der Waals surface area contributed by atoms with Gasteiger partial charge in [-0.25, -0.2) is 0 Å². The third-order valence-corrected chi connectivity index (χ3v) is 6.40. The van der Waals surface area contributed by atoms with E-state index < -0.39 is 0 Å². The summed E-state index contributed by atoms with van der Waals surface area (Å²) in [5.41, 5.74) is 10.1. The first-order valence-electron chi connectivity index (χ1n) is 10.5. The van der Waals surface area contributed by atoms with Gasteiger partial charge < -0.3 is 15.1 Å². The zero-order chi connectivity index (χ0) is 22.1. The Bertz CT molecular complexity index is 1340. The number of nitrogen functional groups attached to an aromatic ring is 1. The van der Waals surface area contributed by atoms with E-state index in [1.165, 1.54) is 21.6 Å². The molecule has 1 aromatic carbocycles. The van der Waals surface area contributed by atoms with Crippen molar-refractivity contribution >= 4 is 28.8 Å². The van der Waals surface area contributed by atoms with Gasteiger partial charge in [0, 0.05) is 24.0 Å². The van der Waals surface area contributed by atoms with Crippen molar-refractivity contribution < 1.29 is 4.42 Å². The first-order chi connectivity index (χ1) is 15.6. The first kappa shape index (κ1) is 20.3. The Hall–Kier alpha value is -3.65. The topological polar surface area (TPSA) is 85.5 Å². The third kappa shape index (κ3) is 4.09. The van der Waals surface area contributed by atoms with E-state index in [2.05, 4.69) is 64.5 Å². The number of aryl methyl sites for hydroxylation is 2. The van der Waals surface area contributed by atoms with Crippen LogP contribution in [-0.2, 0) is 13.0 Å². The van der Waals surface area contributed by atoms with Crippen LogP contribution < -0.4 is 10.6 Å². The van der Waals surface area contributed by atoms with Gasteiger partial charge in [-0.2, -0.15) is 14.5 Å². The molecule has 0 amide bonds. The van der Waals surface area contributed by atoms with Crippen LogP contribution in [0.15, 0.2) is 64.6 Å². The highest BCUT2D eigenvalue weighted by Crippen LogP contribution is 2.24. The van der Waals surface area contributed by atoms with Crippen molar-refractivity contribution in [2.75, 3.05) is 17.2 Å². The van der Waals surface area contributed by atoms with Crippen molar-refractivity contribution in [3.05, 3.63) is 81.7 Å². The molecule has 0 aliphatic heterocycles. The van der Waals surface area contributed by atoms with Crippen LogP contribution in [0.2, 0.25) is 0 Å². The molecule has 0 atom stereocenters. The summed E-state index contributed by atoms with van der Waals surface area (Å²) in [6, 6.07) is 16.3. The highest BCUT2D eigenvalue weighted by atomic mass is 32.1. The molecule has 0 bridgehead atoms. The molecule has 5 rings (SSSR count). The normalized spacial score (nSPS) is 11.3. The number of nitrogens with two attached hydrogens (primary N) is 1. The fraction of sp³-hybridized carbons (Fsp3) is 0.208. The lowest BCUT2D eigenvalue weighted by molar-refractivity contribution is 0.577. The quantitative estimate of drug-likeness (QED) is 0.384. The van der Waals surface area contributed by atoms with E-state index in [9.17, 15) is 0 Å². The van der Waals surface area contributed by atoms with Gasteiger partial charge in [0.2, 0.25) is 5.82 Å². The number of furan rings is 1. The maximum absolute atomic E-state index is 6.36. The molecule has 4 heterocycles. The smallest absolute Gasteiger partial charge is 0.256 e. The molecule has 0 aliphatic carbocycles. The zero-order valence-corrected chi connectivity index (χ0v) is 18.8. The summed E-state index contributed by atoms with van der Waals surface area (Å²) in [7, 11) is 0. The molecule has 0 unspecified atom stereocenters. The second-order valence-corrected chi connectivity index (χ2v) is 8.88.